The SMILES string of the molecule is O=C(COc1ccc2ccccc2c1)N1N=C2/C(=C/c3ccc(Br)cc3)CCC[C@H]2[C@H]1c1ccc(Br)cc1. The van der Waals surface area contributed by atoms with Crippen molar-refractivity contribution < 1.29 is 9.53 Å². The van der Waals surface area contributed by atoms with Gasteiger partial charge in [-0.05, 0) is 89.2 Å². The molecular weight excluding hydrogens is 604 g/mol. The highest BCUT2D eigenvalue weighted by Gasteiger charge is 2.43. The fraction of sp³-hybridized carbons (Fsp3) is 0.188. The van der Waals surface area contributed by atoms with Crippen molar-refractivity contribution in [3.63, 3.8) is 0 Å². The van der Waals surface area contributed by atoms with E-state index in [0.717, 1.165) is 55.8 Å². The topological polar surface area (TPSA) is 41.9 Å². The Bertz CT molecular complexity index is 1540. The third-order valence-electron chi connectivity index (χ3n) is 7.26. The van der Waals surface area contributed by atoms with Crippen LogP contribution in [0.2, 0.25) is 0 Å². The maximum atomic E-state index is 13.6. The number of fused-ring (bicyclic) bond motifs is 2. The second-order valence-corrected chi connectivity index (χ2v) is 11.6. The Kier molecular flexibility index (Phi) is 7.18. The van der Waals surface area contributed by atoms with E-state index in [0.29, 0.717) is 5.75 Å². The van der Waals surface area contributed by atoms with Gasteiger partial charge in [0.1, 0.15) is 5.75 Å². The van der Waals surface area contributed by atoms with Crippen LogP contribution in [0.5, 0.6) is 5.75 Å². The van der Waals surface area contributed by atoms with Gasteiger partial charge < -0.3 is 4.74 Å². The standard InChI is InChI=1S/C32H26Br2N2O2/c33-26-13-8-21(9-14-26)18-25-6-3-7-29-31(25)35-36(32(29)23-10-15-27(34)16-11-23)30(37)20-38-28-17-12-22-4-1-2-5-24(22)19-28/h1-2,4-5,8-19,29,32H,3,6-7,20H2/b25-18+/t29-,32-/m1/s1. The number of hydrogen-bond acceptors (Lipinski definition) is 3. The van der Waals surface area contributed by atoms with Crippen molar-refractivity contribution >= 4 is 60.3 Å². The molecule has 0 saturated heterocycles. The van der Waals surface area contributed by atoms with Crippen molar-refractivity contribution in [1.29, 1.82) is 0 Å². The van der Waals surface area contributed by atoms with Crippen molar-refractivity contribution in [3.8, 4) is 5.75 Å². The van der Waals surface area contributed by atoms with E-state index in [1.165, 1.54) is 5.57 Å². The lowest BCUT2D eigenvalue weighted by atomic mass is 9.77. The zero-order valence-corrected chi connectivity index (χ0v) is 23.9. The molecule has 1 aliphatic carbocycles. The van der Waals surface area contributed by atoms with Crippen LogP contribution in [0.3, 0.4) is 0 Å². The van der Waals surface area contributed by atoms with Gasteiger partial charge in [-0.15, -0.1) is 0 Å². The van der Waals surface area contributed by atoms with E-state index < -0.39 is 0 Å². The van der Waals surface area contributed by atoms with Crippen LogP contribution in [0.4, 0.5) is 0 Å². The van der Waals surface area contributed by atoms with E-state index >= 15 is 0 Å². The molecule has 4 aromatic rings. The van der Waals surface area contributed by atoms with Crippen molar-refractivity contribution in [3.05, 3.63) is 117 Å². The first-order chi connectivity index (χ1) is 18.5. The van der Waals surface area contributed by atoms with Gasteiger partial charge in [0.25, 0.3) is 5.91 Å². The van der Waals surface area contributed by atoms with Crippen LogP contribution in [0, 0.1) is 5.92 Å². The van der Waals surface area contributed by atoms with Gasteiger partial charge in [0.15, 0.2) is 6.61 Å². The third-order valence-corrected chi connectivity index (χ3v) is 8.32. The number of ether oxygens (including phenoxy) is 1. The summed E-state index contributed by atoms with van der Waals surface area (Å²) in [4.78, 5) is 13.6. The Morgan fingerprint density at radius 3 is 2.39 bits per heavy atom. The van der Waals surface area contributed by atoms with Crippen molar-refractivity contribution in [2.24, 2.45) is 11.0 Å². The maximum Gasteiger partial charge on any atom is 0.281 e. The average molecular weight is 630 g/mol. The zero-order chi connectivity index (χ0) is 26.1. The largest absolute Gasteiger partial charge is 0.484 e. The quantitative estimate of drug-likeness (QED) is 0.222. The number of hydrogen-bond donors (Lipinski definition) is 0. The zero-order valence-electron chi connectivity index (χ0n) is 20.7. The minimum atomic E-state index is -0.153. The first-order valence-corrected chi connectivity index (χ1v) is 14.4. The second kappa shape index (κ2) is 10.9. The molecule has 1 fully saturated rings. The van der Waals surface area contributed by atoms with Crippen molar-refractivity contribution in [1.82, 2.24) is 5.01 Å². The summed E-state index contributed by atoms with van der Waals surface area (Å²) < 4.78 is 8.06. The van der Waals surface area contributed by atoms with Crippen LogP contribution in [0.1, 0.15) is 36.4 Å². The first kappa shape index (κ1) is 25.1. The van der Waals surface area contributed by atoms with Gasteiger partial charge in [-0.2, -0.15) is 5.10 Å². The lowest BCUT2D eigenvalue weighted by molar-refractivity contribution is -0.135. The molecule has 0 radical (unpaired) electrons. The fourth-order valence-corrected chi connectivity index (χ4v) is 5.96. The minimum absolute atomic E-state index is 0.0688. The molecule has 0 aromatic heterocycles. The molecule has 0 spiro atoms. The Balaban J connectivity index is 1.30. The third kappa shape index (κ3) is 5.20. The monoisotopic (exact) mass is 628 g/mol. The molecule has 190 valence electrons. The minimum Gasteiger partial charge on any atom is -0.484 e. The molecule has 2 atom stereocenters. The summed E-state index contributed by atoms with van der Waals surface area (Å²) in [7, 11) is 0. The molecule has 1 amide bonds. The predicted octanol–water partition coefficient (Wildman–Crippen LogP) is 8.57. The molecular formula is C32H26Br2N2O2. The highest BCUT2D eigenvalue weighted by atomic mass is 79.9. The van der Waals surface area contributed by atoms with Crippen LogP contribution in [-0.2, 0) is 4.79 Å². The van der Waals surface area contributed by atoms with Crippen LogP contribution in [0.15, 0.2) is 111 Å². The number of nitrogens with zero attached hydrogens (tertiary/aromatic N) is 2. The summed E-state index contributed by atoms with van der Waals surface area (Å²) in [6.07, 6.45) is 5.23. The van der Waals surface area contributed by atoms with Gasteiger partial charge in [-0.1, -0.05) is 86.5 Å². The van der Waals surface area contributed by atoms with E-state index in [2.05, 4.69) is 68.3 Å². The predicted molar refractivity (Wildman–Crippen MR) is 160 cm³/mol. The van der Waals surface area contributed by atoms with E-state index in [4.69, 9.17) is 9.84 Å². The lowest BCUT2D eigenvalue weighted by Gasteiger charge is -2.29. The van der Waals surface area contributed by atoms with Gasteiger partial charge in [0.05, 0.1) is 11.8 Å². The number of carbonyl (C=O) groups is 1. The summed E-state index contributed by atoms with van der Waals surface area (Å²) in [6.45, 7) is -0.0688. The van der Waals surface area contributed by atoms with Gasteiger partial charge in [0.2, 0.25) is 0 Å². The summed E-state index contributed by atoms with van der Waals surface area (Å²) >= 11 is 7.06. The molecule has 0 unspecified atom stereocenters. The molecule has 0 N–H and O–H groups in total. The smallest absolute Gasteiger partial charge is 0.281 e. The molecule has 6 rings (SSSR count). The fourth-order valence-electron chi connectivity index (χ4n) is 5.43. The van der Waals surface area contributed by atoms with E-state index in [-0.39, 0.29) is 24.5 Å². The summed E-state index contributed by atoms with van der Waals surface area (Å²) in [5, 5.41) is 8.87. The Morgan fingerprint density at radius 1 is 0.921 bits per heavy atom. The average Bonchev–Trinajstić information content (AvgIpc) is 3.34. The van der Waals surface area contributed by atoms with Crippen LogP contribution < -0.4 is 4.74 Å². The number of benzene rings is 4. The Morgan fingerprint density at radius 2 is 1.63 bits per heavy atom. The molecule has 1 aliphatic heterocycles. The molecule has 6 heteroatoms. The first-order valence-electron chi connectivity index (χ1n) is 12.8. The number of halogens is 2. The van der Waals surface area contributed by atoms with Crippen LogP contribution >= 0.6 is 31.9 Å². The molecule has 4 aromatic carbocycles. The second-order valence-electron chi connectivity index (χ2n) is 9.74. The van der Waals surface area contributed by atoms with Gasteiger partial charge in [-0.25, -0.2) is 5.01 Å². The Labute approximate surface area is 239 Å². The molecule has 2 aliphatic rings. The molecule has 1 heterocycles. The van der Waals surface area contributed by atoms with Crippen LogP contribution in [-0.4, -0.2) is 23.2 Å². The molecule has 0 bridgehead atoms. The number of amides is 1. The highest BCUT2D eigenvalue weighted by molar-refractivity contribution is 9.10. The number of carbonyl (C=O) groups excluding carboxylic acids is 1. The van der Waals surface area contributed by atoms with Gasteiger partial charge in [-0.3, -0.25) is 4.79 Å². The highest BCUT2D eigenvalue weighted by Crippen LogP contribution is 2.44. The van der Waals surface area contributed by atoms with Crippen LogP contribution in [0.25, 0.3) is 16.8 Å². The van der Waals surface area contributed by atoms with E-state index in [1.807, 2.05) is 60.7 Å². The molecule has 1 saturated carbocycles. The summed E-state index contributed by atoms with van der Waals surface area (Å²) in [5.41, 5.74) is 4.44. The summed E-state index contributed by atoms with van der Waals surface area (Å²) in [6, 6.07) is 30.4. The summed E-state index contributed by atoms with van der Waals surface area (Å²) in [5.74, 6) is 0.685. The van der Waals surface area contributed by atoms with Gasteiger partial charge in [0, 0.05) is 14.9 Å². The number of rotatable bonds is 5. The van der Waals surface area contributed by atoms with Crippen molar-refractivity contribution in [2.75, 3.05) is 6.61 Å². The van der Waals surface area contributed by atoms with E-state index in [9.17, 15) is 4.79 Å². The molecule has 38 heavy (non-hydrogen) atoms. The van der Waals surface area contributed by atoms with E-state index in [1.54, 1.807) is 5.01 Å². The Hall–Kier alpha value is -3.22. The normalized spacial score (nSPS) is 19.9. The number of hydrazone groups is 1. The number of allylic oxidation sites excluding steroid dienone is 1. The lowest BCUT2D eigenvalue weighted by Crippen LogP contribution is -2.34. The maximum absolute atomic E-state index is 13.6. The van der Waals surface area contributed by atoms with Gasteiger partial charge >= 0.3 is 0 Å². The molecule has 4 nitrogen and oxygen atoms in total. The van der Waals surface area contributed by atoms with Crippen molar-refractivity contribution in [2.45, 2.75) is 25.3 Å².